The zero-order chi connectivity index (χ0) is 23.0. The minimum absolute atomic E-state index is 0. The van der Waals surface area contributed by atoms with Crippen LogP contribution in [0.2, 0.25) is 0 Å². The summed E-state index contributed by atoms with van der Waals surface area (Å²) in [5.41, 5.74) is 1.67. The van der Waals surface area contributed by atoms with Crippen LogP contribution < -0.4 is 16.0 Å². The molecular formula is C26H36IN5O2. The van der Waals surface area contributed by atoms with Crippen molar-refractivity contribution in [1.82, 2.24) is 20.9 Å². The third-order valence-corrected chi connectivity index (χ3v) is 6.59. The molecule has 34 heavy (non-hydrogen) atoms. The molecule has 2 fully saturated rings. The van der Waals surface area contributed by atoms with Gasteiger partial charge in [0, 0.05) is 37.8 Å². The van der Waals surface area contributed by atoms with Crippen molar-refractivity contribution in [3.8, 4) is 5.75 Å². The van der Waals surface area contributed by atoms with Crippen molar-refractivity contribution in [2.24, 2.45) is 4.99 Å². The van der Waals surface area contributed by atoms with E-state index in [2.05, 4.69) is 63.1 Å². The zero-order valence-electron chi connectivity index (χ0n) is 19.7. The van der Waals surface area contributed by atoms with E-state index in [1.807, 2.05) is 0 Å². The highest BCUT2D eigenvalue weighted by atomic mass is 127. The lowest BCUT2D eigenvalue weighted by molar-refractivity contribution is 0.0952. The summed E-state index contributed by atoms with van der Waals surface area (Å²) in [5, 5.41) is 19.6. The number of aromatic hydroxyl groups is 1. The van der Waals surface area contributed by atoms with E-state index in [1.54, 1.807) is 18.2 Å². The van der Waals surface area contributed by atoms with Crippen LogP contribution in [0.3, 0.4) is 0 Å². The Morgan fingerprint density at radius 1 is 1.03 bits per heavy atom. The van der Waals surface area contributed by atoms with Crippen LogP contribution in [0.25, 0.3) is 0 Å². The van der Waals surface area contributed by atoms with E-state index >= 15 is 0 Å². The molecule has 1 amide bonds. The van der Waals surface area contributed by atoms with Crippen LogP contribution in [0.15, 0.2) is 59.6 Å². The Hall–Kier alpha value is -2.33. The number of amides is 1. The lowest BCUT2D eigenvalue weighted by Crippen LogP contribution is -2.52. The van der Waals surface area contributed by atoms with Crippen molar-refractivity contribution in [2.75, 3.05) is 19.6 Å². The minimum atomic E-state index is -0.288. The number of phenols is 1. The molecule has 0 spiro atoms. The predicted octanol–water partition coefficient (Wildman–Crippen LogP) is 3.49. The molecule has 184 valence electrons. The Labute approximate surface area is 219 Å². The molecule has 2 aliphatic rings. The highest BCUT2D eigenvalue weighted by molar-refractivity contribution is 14.0. The van der Waals surface area contributed by atoms with Crippen LogP contribution in [-0.2, 0) is 6.54 Å². The summed E-state index contributed by atoms with van der Waals surface area (Å²) in [6.07, 6.45) is 4.78. The first-order valence-electron chi connectivity index (χ1n) is 12.0. The number of carbonyl (C=O) groups is 1. The van der Waals surface area contributed by atoms with Crippen LogP contribution in [0.5, 0.6) is 5.75 Å². The Morgan fingerprint density at radius 2 is 1.71 bits per heavy atom. The number of rotatable bonds is 8. The van der Waals surface area contributed by atoms with Crippen LogP contribution in [0.1, 0.15) is 48.5 Å². The highest BCUT2D eigenvalue weighted by Crippen LogP contribution is 2.36. The van der Waals surface area contributed by atoms with Crippen LogP contribution in [0, 0.1) is 0 Å². The number of phenolic OH excluding ortho intramolecular Hbond substituents is 1. The molecular weight excluding hydrogens is 541 g/mol. The maximum Gasteiger partial charge on any atom is 0.255 e. The number of piperidine rings is 1. The van der Waals surface area contributed by atoms with E-state index in [0.717, 1.165) is 31.9 Å². The van der Waals surface area contributed by atoms with Gasteiger partial charge in [0.25, 0.3) is 5.91 Å². The van der Waals surface area contributed by atoms with Gasteiger partial charge in [0.15, 0.2) is 5.96 Å². The highest BCUT2D eigenvalue weighted by Gasteiger charge is 2.40. The topological polar surface area (TPSA) is 89.0 Å². The fraction of sp³-hybridized carbons (Fsp3) is 0.462. The fourth-order valence-corrected chi connectivity index (χ4v) is 5.06. The zero-order valence-corrected chi connectivity index (χ0v) is 22.1. The van der Waals surface area contributed by atoms with Crippen LogP contribution in [-0.4, -0.2) is 59.6 Å². The maximum atomic E-state index is 12.2. The van der Waals surface area contributed by atoms with E-state index in [4.69, 9.17) is 0 Å². The van der Waals surface area contributed by atoms with Gasteiger partial charge >= 0.3 is 0 Å². The third-order valence-electron chi connectivity index (χ3n) is 6.59. The molecule has 0 saturated carbocycles. The van der Waals surface area contributed by atoms with Gasteiger partial charge in [-0.25, -0.2) is 0 Å². The Balaban J connectivity index is 0.00000324. The second-order valence-corrected chi connectivity index (χ2v) is 8.89. The number of fused-ring (bicyclic) bond motifs is 2. The smallest absolute Gasteiger partial charge is 0.255 e. The normalized spacial score (nSPS) is 22.0. The Kier molecular flexibility index (Phi) is 10.0. The summed E-state index contributed by atoms with van der Waals surface area (Å²) < 4.78 is 0. The molecule has 2 bridgehead atoms. The molecule has 2 aliphatic heterocycles. The summed E-state index contributed by atoms with van der Waals surface area (Å²) in [5.74, 6) is 0.501. The predicted molar refractivity (Wildman–Crippen MR) is 147 cm³/mol. The van der Waals surface area contributed by atoms with Crippen molar-refractivity contribution in [3.05, 3.63) is 65.7 Å². The number of hydrogen-bond donors (Lipinski definition) is 4. The molecule has 2 saturated heterocycles. The number of nitrogens with one attached hydrogen (secondary N) is 3. The first-order valence-corrected chi connectivity index (χ1v) is 12.0. The number of carbonyl (C=O) groups excluding carboxylic acids is 1. The number of para-hydroxylation sites is 1. The van der Waals surface area contributed by atoms with Crippen LogP contribution >= 0.6 is 24.0 Å². The van der Waals surface area contributed by atoms with Gasteiger partial charge in [0.2, 0.25) is 0 Å². The monoisotopic (exact) mass is 577 g/mol. The lowest BCUT2D eigenvalue weighted by atomic mass is 9.96. The molecule has 2 unspecified atom stereocenters. The first kappa shape index (κ1) is 26.3. The first-order chi connectivity index (χ1) is 16.1. The van der Waals surface area contributed by atoms with Gasteiger partial charge in [0.1, 0.15) is 5.75 Å². The largest absolute Gasteiger partial charge is 0.507 e. The summed E-state index contributed by atoms with van der Waals surface area (Å²) in [6.45, 7) is 4.76. The van der Waals surface area contributed by atoms with Crippen molar-refractivity contribution < 1.29 is 9.90 Å². The number of hydrogen-bond acceptors (Lipinski definition) is 4. The standard InChI is InChI=1S/C26H35N5O2.HI/c1-2-27-26(29-15-14-28-25(33)23-10-6-7-11-24(23)32)30-20-16-21-12-13-22(17-20)31(21)18-19-8-4-3-5-9-19;/h3-11,20-22,32H,2,12-18H2,1H3,(H,28,33)(H2,27,29,30);1H. The molecule has 7 nitrogen and oxygen atoms in total. The Morgan fingerprint density at radius 3 is 2.38 bits per heavy atom. The second-order valence-electron chi connectivity index (χ2n) is 8.89. The van der Waals surface area contributed by atoms with Gasteiger partial charge in [-0.2, -0.15) is 0 Å². The molecule has 2 aromatic rings. The number of nitrogens with zero attached hydrogens (tertiary/aromatic N) is 2. The van der Waals surface area contributed by atoms with E-state index in [1.165, 1.54) is 24.5 Å². The quantitative estimate of drug-likeness (QED) is 0.167. The molecule has 8 heteroatoms. The molecule has 0 radical (unpaired) electrons. The SMILES string of the molecule is CCNC(=NCCNC(=O)c1ccccc1O)NC1CC2CCC(C1)N2Cc1ccccc1.I. The number of guanidine groups is 1. The maximum absolute atomic E-state index is 12.2. The molecule has 0 aromatic heterocycles. The van der Waals surface area contributed by atoms with Crippen molar-refractivity contribution >= 4 is 35.8 Å². The lowest BCUT2D eigenvalue weighted by Gasteiger charge is -2.39. The molecule has 2 aromatic carbocycles. The third kappa shape index (κ3) is 6.85. The van der Waals surface area contributed by atoms with E-state index in [9.17, 15) is 9.90 Å². The number of halogens is 1. The van der Waals surface area contributed by atoms with Gasteiger partial charge in [-0.3, -0.25) is 14.7 Å². The molecule has 4 N–H and O–H groups in total. The molecule has 2 heterocycles. The summed E-state index contributed by atoms with van der Waals surface area (Å²) in [7, 11) is 0. The minimum Gasteiger partial charge on any atom is -0.507 e. The number of aliphatic imine (C=N–C) groups is 1. The molecule has 4 rings (SSSR count). The molecule has 0 aliphatic carbocycles. The van der Waals surface area contributed by atoms with Crippen molar-refractivity contribution in [2.45, 2.75) is 57.3 Å². The summed E-state index contributed by atoms with van der Waals surface area (Å²) >= 11 is 0. The number of benzene rings is 2. The van der Waals surface area contributed by atoms with Gasteiger partial charge < -0.3 is 21.1 Å². The summed E-state index contributed by atoms with van der Waals surface area (Å²) in [6, 6.07) is 18.9. The van der Waals surface area contributed by atoms with Gasteiger partial charge in [-0.05, 0) is 50.3 Å². The average Bonchev–Trinajstić information content (AvgIpc) is 3.05. The Bertz CT molecular complexity index is 941. The fourth-order valence-electron chi connectivity index (χ4n) is 5.06. The van der Waals surface area contributed by atoms with Gasteiger partial charge in [-0.15, -0.1) is 24.0 Å². The van der Waals surface area contributed by atoms with Crippen molar-refractivity contribution in [3.63, 3.8) is 0 Å². The van der Waals surface area contributed by atoms with Crippen LogP contribution in [0.4, 0.5) is 0 Å². The van der Waals surface area contributed by atoms with Gasteiger partial charge in [0.05, 0.1) is 12.1 Å². The van der Waals surface area contributed by atoms with Gasteiger partial charge in [-0.1, -0.05) is 42.5 Å². The average molecular weight is 578 g/mol. The second kappa shape index (κ2) is 12.9. The van der Waals surface area contributed by atoms with E-state index < -0.39 is 0 Å². The summed E-state index contributed by atoms with van der Waals surface area (Å²) in [4.78, 5) is 19.6. The van der Waals surface area contributed by atoms with E-state index in [-0.39, 0.29) is 41.2 Å². The van der Waals surface area contributed by atoms with E-state index in [0.29, 0.717) is 31.2 Å². The van der Waals surface area contributed by atoms with Crippen molar-refractivity contribution in [1.29, 1.82) is 0 Å². The molecule has 2 atom stereocenters.